The van der Waals surface area contributed by atoms with Crippen molar-refractivity contribution in [2.24, 2.45) is 10.2 Å². The molecule has 0 aliphatic carbocycles. The highest BCUT2D eigenvalue weighted by molar-refractivity contribution is 6.04. The molecule has 2 aromatic carbocycles. The van der Waals surface area contributed by atoms with Crippen molar-refractivity contribution in [1.82, 2.24) is 5.32 Å². The Morgan fingerprint density at radius 3 is 1.97 bits per heavy atom. The van der Waals surface area contributed by atoms with Crippen LogP contribution in [0.4, 0.5) is 22.7 Å². The zero-order valence-electron chi connectivity index (χ0n) is 15.9. The number of hydrogen-bond donors (Lipinski definition) is 2. The Morgan fingerprint density at radius 1 is 0.966 bits per heavy atom. The van der Waals surface area contributed by atoms with E-state index < -0.39 is 4.92 Å². The van der Waals surface area contributed by atoms with Crippen LogP contribution in [0.1, 0.15) is 13.8 Å². The number of nitrogens with one attached hydrogen (secondary N) is 2. The van der Waals surface area contributed by atoms with E-state index in [0.717, 1.165) is 0 Å². The summed E-state index contributed by atoms with van der Waals surface area (Å²) in [5.41, 5.74) is 2.21. The molecule has 0 atom stereocenters. The van der Waals surface area contributed by atoms with Gasteiger partial charge in [-0.25, -0.2) is 0 Å². The fourth-order valence-corrected chi connectivity index (χ4v) is 1.96. The van der Waals surface area contributed by atoms with E-state index in [0.29, 0.717) is 28.2 Å². The SMILES string of the molecule is C=C(C)C(=O)NC=C(C)C(=O)Nc1ccc(N=Nc2ccc([N+](=O)[O-])cc2)cc1. The van der Waals surface area contributed by atoms with Crippen LogP contribution in [0.3, 0.4) is 0 Å². The van der Waals surface area contributed by atoms with Gasteiger partial charge >= 0.3 is 0 Å². The van der Waals surface area contributed by atoms with Crippen molar-refractivity contribution < 1.29 is 14.5 Å². The molecule has 0 saturated carbocycles. The summed E-state index contributed by atoms with van der Waals surface area (Å²) in [5, 5.41) is 23.9. The van der Waals surface area contributed by atoms with Gasteiger partial charge in [-0.15, -0.1) is 0 Å². The summed E-state index contributed by atoms with van der Waals surface area (Å²) in [6, 6.07) is 12.3. The molecule has 9 nitrogen and oxygen atoms in total. The second kappa shape index (κ2) is 9.70. The monoisotopic (exact) mass is 393 g/mol. The second-order valence-electron chi connectivity index (χ2n) is 6.06. The number of nitro benzene ring substituents is 1. The Bertz CT molecular complexity index is 993. The van der Waals surface area contributed by atoms with Crippen LogP contribution in [0, 0.1) is 10.1 Å². The molecular formula is C20H19N5O4. The molecule has 0 heterocycles. The molecule has 148 valence electrons. The van der Waals surface area contributed by atoms with Gasteiger partial charge in [0.2, 0.25) is 5.91 Å². The third-order valence-corrected chi connectivity index (χ3v) is 3.63. The zero-order chi connectivity index (χ0) is 21.4. The van der Waals surface area contributed by atoms with Gasteiger partial charge in [0, 0.05) is 35.2 Å². The Labute approximate surface area is 167 Å². The first-order chi connectivity index (χ1) is 13.8. The Morgan fingerprint density at radius 2 is 1.48 bits per heavy atom. The fourth-order valence-electron chi connectivity index (χ4n) is 1.96. The molecule has 2 rings (SSSR count). The van der Waals surface area contributed by atoms with E-state index in [4.69, 9.17) is 0 Å². The van der Waals surface area contributed by atoms with Crippen molar-refractivity contribution in [3.8, 4) is 0 Å². The molecule has 0 radical (unpaired) electrons. The molecule has 0 unspecified atom stereocenters. The van der Waals surface area contributed by atoms with Crippen LogP contribution < -0.4 is 10.6 Å². The molecule has 2 aromatic rings. The van der Waals surface area contributed by atoms with E-state index in [-0.39, 0.29) is 17.5 Å². The summed E-state index contributed by atoms with van der Waals surface area (Å²) in [5.74, 6) is -0.729. The van der Waals surface area contributed by atoms with Gasteiger partial charge in [0.15, 0.2) is 0 Å². The number of benzene rings is 2. The molecule has 0 fully saturated rings. The van der Waals surface area contributed by atoms with Crippen molar-refractivity contribution >= 4 is 34.6 Å². The van der Waals surface area contributed by atoms with Crippen molar-refractivity contribution in [1.29, 1.82) is 0 Å². The predicted octanol–water partition coefficient (Wildman–Crippen LogP) is 4.54. The number of carbonyl (C=O) groups excluding carboxylic acids is 2. The van der Waals surface area contributed by atoms with Crippen molar-refractivity contribution in [3.05, 3.63) is 82.6 Å². The van der Waals surface area contributed by atoms with Gasteiger partial charge < -0.3 is 10.6 Å². The summed E-state index contributed by atoms with van der Waals surface area (Å²) in [7, 11) is 0. The molecule has 9 heteroatoms. The normalized spacial score (nSPS) is 11.2. The lowest BCUT2D eigenvalue weighted by Gasteiger charge is -2.06. The van der Waals surface area contributed by atoms with Crippen LogP contribution in [0.2, 0.25) is 0 Å². The molecule has 0 spiro atoms. The van der Waals surface area contributed by atoms with Gasteiger partial charge in [0.05, 0.1) is 16.3 Å². The van der Waals surface area contributed by atoms with Gasteiger partial charge in [-0.1, -0.05) is 6.58 Å². The fraction of sp³-hybridized carbons (Fsp3) is 0.100. The summed E-state index contributed by atoms with van der Waals surface area (Å²) in [4.78, 5) is 33.7. The lowest BCUT2D eigenvalue weighted by Crippen LogP contribution is -2.21. The molecule has 0 bridgehead atoms. The number of nitrogens with zero attached hydrogens (tertiary/aromatic N) is 3. The Balaban J connectivity index is 1.96. The van der Waals surface area contributed by atoms with Crippen LogP contribution in [0.5, 0.6) is 0 Å². The average Bonchev–Trinajstić information content (AvgIpc) is 2.71. The topological polar surface area (TPSA) is 126 Å². The first kappa shape index (κ1) is 21.2. The van der Waals surface area contributed by atoms with Crippen molar-refractivity contribution in [2.75, 3.05) is 5.32 Å². The Hall–Kier alpha value is -4.14. The lowest BCUT2D eigenvalue weighted by molar-refractivity contribution is -0.384. The number of azo groups is 1. The number of nitro groups is 1. The molecule has 2 amide bonds. The Kier molecular flexibility index (Phi) is 7.08. The van der Waals surface area contributed by atoms with E-state index in [9.17, 15) is 19.7 Å². The average molecular weight is 393 g/mol. The minimum absolute atomic E-state index is 0.0208. The number of hydrogen-bond acceptors (Lipinski definition) is 6. The predicted molar refractivity (Wildman–Crippen MR) is 109 cm³/mol. The first-order valence-electron chi connectivity index (χ1n) is 8.47. The minimum atomic E-state index is -0.487. The van der Waals surface area contributed by atoms with Crippen LogP contribution >= 0.6 is 0 Å². The van der Waals surface area contributed by atoms with E-state index >= 15 is 0 Å². The zero-order valence-corrected chi connectivity index (χ0v) is 15.9. The highest BCUT2D eigenvalue weighted by Gasteiger charge is 2.07. The van der Waals surface area contributed by atoms with Gasteiger partial charge in [-0.2, -0.15) is 10.2 Å². The van der Waals surface area contributed by atoms with Gasteiger partial charge in [0.1, 0.15) is 0 Å². The molecule has 2 N–H and O–H groups in total. The number of rotatable bonds is 7. The highest BCUT2D eigenvalue weighted by Crippen LogP contribution is 2.22. The van der Waals surface area contributed by atoms with Crippen LogP contribution in [-0.2, 0) is 9.59 Å². The summed E-state index contributed by atoms with van der Waals surface area (Å²) in [6.45, 7) is 6.65. The number of carbonyl (C=O) groups is 2. The molecule has 0 aliphatic heterocycles. The maximum atomic E-state index is 12.1. The van der Waals surface area contributed by atoms with Gasteiger partial charge in [-0.05, 0) is 50.2 Å². The quantitative estimate of drug-likeness (QED) is 0.310. The molecule has 0 aromatic heterocycles. The summed E-state index contributed by atoms with van der Waals surface area (Å²) >= 11 is 0. The van der Waals surface area contributed by atoms with Crippen LogP contribution in [-0.4, -0.2) is 16.7 Å². The smallest absolute Gasteiger partial charge is 0.269 e. The van der Waals surface area contributed by atoms with Crippen molar-refractivity contribution in [2.45, 2.75) is 13.8 Å². The maximum absolute atomic E-state index is 12.1. The second-order valence-corrected chi connectivity index (χ2v) is 6.06. The minimum Gasteiger partial charge on any atom is -0.328 e. The number of anilines is 1. The molecule has 0 aliphatic rings. The summed E-state index contributed by atoms with van der Waals surface area (Å²) in [6.07, 6.45) is 1.32. The van der Waals surface area contributed by atoms with Gasteiger partial charge in [-0.3, -0.25) is 19.7 Å². The largest absolute Gasteiger partial charge is 0.328 e. The molecule has 29 heavy (non-hydrogen) atoms. The third kappa shape index (κ3) is 6.51. The molecule has 0 saturated heterocycles. The lowest BCUT2D eigenvalue weighted by atomic mass is 10.2. The number of amides is 2. The highest BCUT2D eigenvalue weighted by atomic mass is 16.6. The van der Waals surface area contributed by atoms with E-state index in [1.165, 1.54) is 30.5 Å². The summed E-state index contributed by atoms with van der Waals surface area (Å²) < 4.78 is 0. The third-order valence-electron chi connectivity index (χ3n) is 3.63. The van der Waals surface area contributed by atoms with E-state index in [1.54, 1.807) is 38.1 Å². The first-order valence-corrected chi connectivity index (χ1v) is 8.47. The van der Waals surface area contributed by atoms with E-state index in [2.05, 4.69) is 27.4 Å². The van der Waals surface area contributed by atoms with E-state index in [1.807, 2.05) is 0 Å². The maximum Gasteiger partial charge on any atom is 0.269 e. The van der Waals surface area contributed by atoms with Gasteiger partial charge in [0.25, 0.3) is 11.6 Å². The number of non-ortho nitro benzene ring substituents is 1. The van der Waals surface area contributed by atoms with Crippen LogP contribution in [0.25, 0.3) is 0 Å². The molecular weight excluding hydrogens is 374 g/mol. The standard InChI is InChI=1S/C20H19N5O4/c1-13(2)19(26)21-12-14(3)20(27)22-15-4-6-16(7-5-15)23-24-17-8-10-18(11-9-17)25(28)29/h4-12H,1H2,2-3H3,(H,21,26)(H,22,27). The van der Waals surface area contributed by atoms with Crippen LogP contribution in [0.15, 0.2) is 82.7 Å². The van der Waals surface area contributed by atoms with Crippen molar-refractivity contribution in [3.63, 3.8) is 0 Å².